The molecule has 3 aromatic carbocycles. The third-order valence-electron chi connectivity index (χ3n) is 6.96. The lowest BCUT2D eigenvalue weighted by molar-refractivity contribution is -0.132. The van der Waals surface area contributed by atoms with Crippen LogP contribution in [0.4, 0.5) is 11.4 Å². The number of aliphatic hydroxyl groups excluding tert-OH is 2. The third-order valence-corrected chi connectivity index (χ3v) is 8.09. The van der Waals surface area contributed by atoms with Crippen molar-refractivity contribution >= 4 is 29.0 Å². The molecule has 8 heteroatoms. The van der Waals surface area contributed by atoms with Gasteiger partial charge in [-0.3, -0.25) is 9.69 Å². The van der Waals surface area contributed by atoms with Gasteiger partial charge in [0.2, 0.25) is 0 Å². The Hall–Kier alpha value is -3.04. The molecule has 2 aliphatic heterocycles. The van der Waals surface area contributed by atoms with Gasteiger partial charge in [-0.2, -0.15) is 0 Å². The predicted molar refractivity (Wildman–Crippen MR) is 150 cm³/mol. The van der Waals surface area contributed by atoms with Crippen LogP contribution < -0.4 is 9.64 Å². The summed E-state index contributed by atoms with van der Waals surface area (Å²) in [7, 11) is 0. The molecular formula is C30H35N3O4S. The van der Waals surface area contributed by atoms with Gasteiger partial charge in [-0.15, -0.1) is 0 Å². The van der Waals surface area contributed by atoms with Crippen molar-refractivity contribution in [3.05, 3.63) is 78.4 Å². The van der Waals surface area contributed by atoms with Gasteiger partial charge in [0, 0.05) is 42.5 Å². The Kier molecular flexibility index (Phi) is 8.86. The van der Waals surface area contributed by atoms with E-state index in [9.17, 15) is 15.0 Å². The zero-order chi connectivity index (χ0) is 26.3. The van der Waals surface area contributed by atoms with E-state index in [0.717, 1.165) is 42.9 Å². The average molecular weight is 534 g/mol. The van der Waals surface area contributed by atoms with Crippen LogP contribution in [0, 0.1) is 0 Å². The Balaban J connectivity index is 1.19. The number of benzene rings is 3. The average Bonchev–Trinajstić information content (AvgIpc) is 3.48. The van der Waals surface area contributed by atoms with E-state index in [1.807, 2.05) is 53.4 Å². The van der Waals surface area contributed by atoms with Gasteiger partial charge in [0.25, 0.3) is 5.91 Å². The number of rotatable bonds is 11. The van der Waals surface area contributed by atoms with Crippen LogP contribution in [0.2, 0.25) is 0 Å². The van der Waals surface area contributed by atoms with E-state index in [1.54, 1.807) is 11.8 Å². The zero-order valence-electron chi connectivity index (χ0n) is 21.5. The topological polar surface area (TPSA) is 76.5 Å². The number of hydrogen-bond acceptors (Lipinski definition) is 7. The molecule has 0 aromatic heterocycles. The smallest absolute Gasteiger partial charge is 0.260 e. The van der Waals surface area contributed by atoms with Crippen molar-refractivity contribution in [2.24, 2.45) is 0 Å². The fourth-order valence-electron chi connectivity index (χ4n) is 5.07. The summed E-state index contributed by atoms with van der Waals surface area (Å²) in [5, 5.41) is 20.8. The van der Waals surface area contributed by atoms with Crippen LogP contribution in [0.1, 0.15) is 18.4 Å². The Morgan fingerprint density at radius 2 is 1.58 bits per heavy atom. The van der Waals surface area contributed by atoms with Crippen LogP contribution in [0.25, 0.3) is 0 Å². The van der Waals surface area contributed by atoms with Gasteiger partial charge in [-0.1, -0.05) is 48.2 Å². The molecule has 38 heavy (non-hydrogen) atoms. The number of carbonyl (C=O) groups is 1. The van der Waals surface area contributed by atoms with E-state index in [0.29, 0.717) is 31.9 Å². The lowest BCUT2D eigenvalue weighted by Crippen LogP contribution is -2.40. The number of para-hydroxylation sites is 2. The van der Waals surface area contributed by atoms with Gasteiger partial charge in [-0.05, 0) is 54.8 Å². The SMILES string of the molecule is O=C(COc1ccc(CN(CCO)C[C@@H](O)CN2c3ccccc3Sc3ccccc32)cc1)N1CCCC1. The molecule has 1 atom stereocenters. The number of aliphatic hydroxyl groups is 2. The van der Waals surface area contributed by atoms with E-state index >= 15 is 0 Å². The first-order chi connectivity index (χ1) is 18.6. The summed E-state index contributed by atoms with van der Waals surface area (Å²) < 4.78 is 5.70. The second kappa shape index (κ2) is 12.7. The molecule has 1 amide bonds. The molecule has 1 saturated heterocycles. The van der Waals surface area contributed by atoms with Crippen molar-refractivity contribution < 1.29 is 19.7 Å². The van der Waals surface area contributed by atoms with Crippen LogP contribution in [0.5, 0.6) is 5.75 Å². The fourth-order valence-corrected chi connectivity index (χ4v) is 6.17. The highest BCUT2D eigenvalue weighted by Crippen LogP contribution is 2.47. The zero-order valence-corrected chi connectivity index (χ0v) is 22.4. The summed E-state index contributed by atoms with van der Waals surface area (Å²) in [6.45, 7) is 3.65. The van der Waals surface area contributed by atoms with E-state index < -0.39 is 6.10 Å². The number of nitrogens with zero attached hydrogens (tertiary/aromatic N) is 3. The number of carbonyl (C=O) groups excluding carboxylic acids is 1. The van der Waals surface area contributed by atoms with Crippen molar-refractivity contribution in [2.75, 3.05) is 50.8 Å². The molecule has 5 rings (SSSR count). The van der Waals surface area contributed by atoms with Crippen molar-refractivity contribution in [1.82, 2.24) is 9.80 Å². The maximum atomic E-state index is 12.2. The molecule has 0 radical (unpaired) electrons. The van der Waals surface area contributed by atoms with E-state index in [-0.39, 0.29) is 19.1 Å². The molecule has 2 N–H and O–H groups in total. The van der Waals surface area contributed by atoms with E-state index in [1.165, 1.54) is 9.79 Å². The molecule has 0 saturated carbocycles. The summed E-state index contributed by atoms with van der Waals surface area (Å²) in [6.07, 6.45) is 1.51. The quantitative estimate of drug-likeness (QED) is 0.384. The minimum absolute atomic E-state index is 0.0124. The standard InChI is InChI=1S/C30H35N3O4S/c34-18-17-31(19-23-11-13-25(14-12-23)37-22-30(36)32-15-5-6-16-32)20-24(35)21-33-26-7-1-3-9-28(26)38-29-10-4-2-8-27(29)33/h1-4,7-14,24,34-35H,5-6,15-22H2/t24-/m1/s1. The normalized spacial score (nSPS) is 15.3. The summed E-state index contributed by atoms with van der Waals surface area (Å²) in [5.41, 5.74) is 3.25. The molecule has 0 spiro atoms. The molecule has 1 fully saturated rings. The van der Waals surface area contributed by atoms with E-state index in [4.69, 9.17) is 4.74 Å². The highest BCUT2D eigenvalue weighted by Gasteiger charge is 2.25. The Labute approximate surface area is 228 Å². The number of hydrogen-bond donors (Lipinski definition) is 2. The summed E-state index contributed by atoms with van der Waals surface area (Å²) >= 11 is 1.75. The summed E-state index contributed by atoms with van der Waals surface area (Å²) in [4.78, 5) is 20.7. The Morgan fingerprint density at radius 1 is 0.947 bits per heavy atom. The minimum atomic E-state index is -0.620. The molecule has 200 valence electrons. The fraction of sp³-hybridized carbons (Fsp3) is 0.367. The maximum absolute atomic E-state index is 12.2. The second-order valence-corrected chi connectivity index (χ2v) is 10.9. The molecule has 2 aliphatic rings. The van der Waals surface area contributed by atoms with E-state index in [2.05, 4.69) is 34.1 Å². The van der Waals surface area contributed by atoms with Crippen LogP contribution in [0.3, 0.4) is 0 Å². The summed E-state index contributed by atoms with van der Waals surface area (Å²) in [5.74, 6) is 0.697. The van der Waals surface area contributed by atoms with Crippen molar-refractivity contribution in [3.63, 3.8) is 0 Å². The van der Waals surface area contributed by atoms with Gasteiger partial charge < -0.3 is 24.7 Å². The Morgan fingerprint density at radius 3 is 2.21 bits per heavy atom. The first-order valence-electron chi connectivity index (χ1n) is 13.2. The number of amides is 1. The highest BCUT2D eigenvalue weighted by atomic mass is 32.2. The molecule has 0 aliphatic carbocycles. The molecule has 7 nitrogen and oxygen atoms in total. The van der Waals surface area contributed by atoms with Crippen molar-refractivity contribution in [1.29, 1.82) is 0 Å². The van der Waals surface area contributed by atoms with Gasteiger partial charge in [0.05, 0.1) is 30.6 Å². The van der Waals surface area contributed by atoms with Crippen molar-refractivity contribution in [3.8, 4) is 5.75 Å². The number of fused-ring (bicyclic) bond motifs is 2. The van der Waals surface area contributed by atoms with Gasteiger partial charge in [-0.25, -0.2) is 0 Å². The largest absolute Gasteiger partial charge is 0.484 e. The monoisotopic (exact) mass is 533 g/mol. The van der Waals surface area contributed by atoms with Crippen LogP contribution in [0.15, 0.2) is 82.6 Å². The van der Waals surface area contributed by atoms with Crippen molar-refractivity contribution in [2.45, 2.75) is 35.3 Å². The van der Waals surface area contributed by atoms with Crippen LogP contribution >= 0.6 is 11.8 Å². The lowest BCUT2D eigenvalue weighted by Gasteiger charge is -2.35. The lowest BCUT2D eigenvalue weighted by atomic mass is 10.1. The first kappa shape index (κ1) is 26.6. The van der Waals surface area contributed by atoms with Gasteiger partial charge in [0.1, 0.15) is 5.75 Å². The summed E-state index contributed by atoms with van der Waals surface area (Å²) in [6, 6.07) is 24.3. The molecule has 0 unspecified atom stereocenters. The molecular weight excluding hydrogens is 498 g/mol. The first-order valence-corrected chi connectivity index (χ1v) is 14.1. The predicted octanol–water partition coefficient (Wildman–Crippen LogP) is 4.15. The number of ether oxygens (including phenoxy) is 1. The number of likely N-dealkylation sites (tertiary alicyclic amines) is 1. The molecule has 0 bridgehead atoms. The van der Waals surface area contributed by atoms with Gasteiger partial charge >= 0.3 is 0 Å². The van der Waals surface area contributed by atoms with Crippen LogP contribution in [-0.2, 0) is 11.3 Å². The minimum Gasteiger partial charge on any atom is -0.484 e. The number of anilines is 2. The maximum Gasteiger partial charge on any atom is 0.260 e. The number of β-amino-alcohol motifs (C(OH)–C–C–N with tert-alkyl or cyclic N) is 1. The molecule has 2 heterocycles. The highest BCUT2D eigenvalue weighted by molar-refractivity contribution is 7.99. The van der Waals surface area contributed by atoms with Crippen LogP contribution in [-0.4, -0.2) is 78.0 Å². The third kappa shape index (κ3) is 6.50. The molecule has 3 aromatic rings. The van der Waals surface area contributed by atoms with Gasteiger partial charge in [0.15, 0.2) is 6.61 Å². The Bertz CT molecular complexity index is 1170. The second-order valence-electron chi connectivity index (χ2n) is 9.78.